The van der Waals surface area contributed by atoms with Gasteiger partial charge in [-0.25, -0.2) is 14.1 Å². The Morgan fingerprint density at radius 2 is 2.10 bits per heavy atom. The topological polar surface area (TPSA) is 82.7 Å². The zero-order valence-electron chi connectivity index (χ0n) is 15.8. The molecule has 2 bridgehead atoms. The molecular formula is C19H17ClFN7O. The van der Waals surface area contributed by atoms with E-state index in [0.717, 1.165) is 23.1 Å². The highest BCUT2D eigenvalue weighted by molar-refractivity contribution is 6.35. The number of aryl methyl sites for hydroxylation is 2. The zero-order chi connectivity index (χ0) is 20.1. The van der Waals surface area contributed by atoms with Gasteiger partial charge in [0.25, 0.3) is 5.88 Å². The van der Waals surface area contributed by atoms with Crippen LogP contribution >= 0.6 is 11.6 Å². The summed E-state index contributed by atoms with van der Waals surface area (Å²) in [6, 6.07) is 1.40. The minimum atomic E-state index is -0.432. The monoisotopic (exact) mass is 413 g/mol. The van der Waals surface area contributed by atoms with Gasteiger partial charge < -0.3 is 14.6 Å². The lowest BCUT2D eigenvalue weighted by molar-refractivity contribution is 0.291. The number of hydrogen-bond acceptors (Lipinski definition) is 6. The van der Waals surface area contributed by atoms with Crippen molar-refractivity contribution in [2.24, 2.45) is 0 Å². The second-order valence-corrected chi connectivity index (χ2v) is 7.27. The Morgan fingerprint density at radius 3 is 2.97 bits per heavy atom. The molecule has 148 valence electrons. The molecule has 0 unspecified atom stereocenters. The second-order valence-electron chi connectivity index (χ2n) is 6.86. The van der Waals surface area contributed by atoms with Gasteiger partial charge >= 0.3 is 0 Å². The summed E-state index contributed by atoms with van der Waals surface area (Å²) in [5, 5.41) is 9.17. The predicted molar refractivity (Wildman–Crippen MR) is 107 cm³/mol. The van der Waals surface area contributed by atoms with E-state index in [1.54, 1.807) is 17.8 Å². The van der Waals surface area contributed by atoms with Gasteiger partial charge in [-0.05, 0) is 20.3 Å². The molecule has 5 heterocycles. The maximum Gasteiger partial charge on any atom is 0.257 e. The molecule has 29 heavy (non-hydrogen) atoms. The first kappa shape index (κ1) is 17.9. The van der Waals surface area contributed by atoms with Crippen LogP contribution in [0.25, 0.3) is 16.7 Å². The standard InChI is InChI=1S/C19H17ClFN7O/c1-10-15(6-12(21)7-22-10)28-11(2)16-18(26-28)29-5-3-4-27-9-14(20)13-8-23-19(24-16)25-17(13)27/h6-9H,3-5H2,1-2H3,(H,23,24,25). The molecule has 1 aliphatic rings. The highest BCUT2D eigenvalue weighted by atomic mass is 35.5. The molecule has 10 heteroatoms. The molecule has 0 saturated heterocycles. The Morgan fingerprint density at radius 1 is 1.24 bits per heavy atom. The van der Waals surface area contributed by atoms with Crippen molar-refractivity contribution >= 4 is 34.3 Å². The lowest BCUT2D eigenvalue weighted by Gasteiger charge is -2.08. The molecule has 4 aromatic heterocycles. The molecule has 0 fully saturated rings. The van der Waals surface area contributed by atoms with Crippen LogP contribution in [0.3, 0.4) is 0 Å². The fourth-order valence-electron chi connectivity index (χ4n) is 3.44. The van der Waals surface area contributed by atoms with Crippen molar-refractivity contribution in [2.45, 2.75) is 26.8 Å². The highest BCUT2D eigenvalue weighted by Crippen LogP contribution is 2.33. The van der Waals surface area contributed by atoms with E-state index < -0.39 is 5.82 Å². The van der Waals surface area contributed by atoms with Crippen LogP contribution in [-0.2, 0) is 6.54 Å². The third kappa shape index (κ3) is 2.98. The first-order valence-electron chi connectivity index (χ1n) is 9.14. The summed E-state index contributed by atoms with van der Waals surface area (Å²) < 4.78 is 23.3. The van der Waals surface area contributed by atoms with Crippen LogP contribution in [-0.4, -0.2) is 35.9 Å². The van der Waals surface area contributed by atoms with Gasteiger partial charge in [-0.3, -0.25) is 4.98 Å². The van der Waals surface area contributed by atoms with E-state index in [4.69, 9.17) is 16.3 Å². The zero-order valence-corrected chi connectivity index (χ0v) is 16.5. The first-order valence-corrected chi connectivity index (χ1v) is 9.52. The smallest absolute Gasteiger partial charge is 0.257 e. The van der Waals surface area contributed by atoms with Crippen LogP contribution in [0, 0.1) is 19.7 Å². The van der Waals surface area contributed by atoms with E-state index in [-0.39, 0.29) is 0 Å². The van der Waals surface area contributed by atoms with Crippen LogP contribution in [0.5, 0.6) is 5.88 Å². The van der Waals surface area contributed by atoms with Gasteiger partial charge in [0, 0.05) is 25.0 Å². The van der Waals surface area contributed by atoms with E-state index in [9.17, 15) is 4.39 Å². The van der Waals surface area contributed by atoms with Gasteiger partial charge in [-0.15, -0.1) is 5.10 Å². The van der Waals surface area contributed by atoms with E-state index in [1.165, 1.54) is 12.3 Å². The number of pyridine rings is 1. The lowest BCUT2D eigenvalue weighted by Crippen LogP contribution is -2.06. The maximum absolute atomic E-state index is 13.8. The molecule has 0 aromatic carbocycles. The molecule has 0 radical (unpaired) electrons. The third-order valence-corrected chi connectivity index (χ3v) is 5.23. The Balaban J connectivity index is 1.65. The first-order chi connectivity index (χ1) is 14.0. The van der Waals surface area contributed by atoms with Crippen molar-refractivity contribution in [3.05, 3.63) is 46.9 Å². The average Bonchev–Trinajstić information content (AvgIpc) is 3.17. The number of fused-ring (bicyclic) bond motifs is 2. The number of aromatic nitrogens is 6. The van der Waals surface area contributed by atoms with Crippen molar-refractivity contribution in [1.29, 1.82) is 0 Å². The highest BCUT2D eigenvalue weighted by Gasteiger charge is 2.21. The van der Waals surface area contributed by atoms with Crippen molar-refractivity contribution in [2.75, 3.05) is 11.9 Å². The van der Waals surface area contributed by atoms with Crippen molar-refractivity contribution in [3.8, 4) is 11.6 Å². The lowest BCUT2D eigenvalue weighted by atomic mass is 10.3. The van der Waals surface area contributed by atoms with E-state index >= 15 is 0 Å². The number of rotatable bonds is 1. The largest absolute Gasteiger partial charge is 0.475 e. The van der Waals surface area contributed by atoms with Gasteiger partial charge in [0.2, 0.25) is 5.95 Å². The average molecular weight is 414 g/mol. The molecule has 0 saturated carbocycles. The van der Waals surface area contributed by atoms with E-state index in [2.05, 4.69) is 25.4 Å². The Labute approximate surface area is 170 Å². The predicted octanol–water partition coefficient (Wildman–Crippen LogP) is 3.95. The normalized spacial score (nSPS) is 13.7. The minimum absolute atomic E-state index is 0.400. The molecular weight excluding hydrogens is 397 g/mol. The Bertz CT molecular complexity index is 1250. The number of anilines is 2. The molecule has 0 spiro atoms. The number of halogens is 2. The van der Waals surface area contributed by atoms with E-state index in [0.29, 0.717) is 47.1 Å². The fourth-order valence-corrected chi connectivity index (χ4v) is 3.69. The molecule has 4 aromatic rings. The molecule has 1 aliphatic heterocycles. The van der Waals surface area contributed by atoms with Crippen molar-refractivity contribution < 1.29 is 9.13 Å². The van der Waals surface area contributed by atoms with Crippen LogP contribution in [0.2, 0.25) is 5.02 Å². The molecule has 0 aliphatic carbocycles. The summed E-state index contributed by atoms with van der Waals surface area (Å²) >= 11 is 6.30. The summed E-state index contributed by atoms with van der Waals surface area (Å²) in [5.74, 6) is 0.370. The minimum Gasteiger partial charge on any atom is -0.475 e. The van der Waals surface area contributed by atoms with Crippen LogP contribution in [0.1, 0.15) is 17.8 Å². The second kappa shape index (κ2) is 6.70. The number of nitrogens with zero attached hydrogens (tertiary/aromatic N) is 6. The van der Waals surface area contributed by atoms with Crippen molar-refractivity contribution in [1.82, 2.24) is 29.3 Å². The molecule has 0 atom stereocenters. The van der Waals surface area contributed by atoms with Gasteiger partial charge in [0.05, 0.1) is 40.3 Å². The summed E-state index contributed by atoms with van der Waals surface area (Å²) in [6.07, 6.45) is 5.48. The van der Waals surface area contributed by atoms with Gasteiger partial charge in [0.15, 0.2) is 0 Å². The molecule has 1 N–H and O–H groups in total. The van der Waals surface area contributed by atoms with Crippen molar-refractivity contribution in [3.63, 3.8) is 0 Å². The Kier molecular flexibility index (Phi) is 4.13. The summed E-state index contributed by atoms with van der Waals surface area (Å²) in [4.78, 5) is 13.1. The SMILES string of the molecule is Cc1ncc(F)cc1-n1nc2c(c1C)Nc1ncc3c(Cl)cn(c3n1)CCCO2. The maximum atomic E-state index is 13.8. The van der Waals surface area contributed by atoms with Gasteiger partial charge in [-0.2, -0.15) is 4.98 Å². The summed E-state index contributed by atoms with van der Waals surface area (Å²) in [5.41, 5.74) is 3.31. The van der Waals surface area contributed by atoms with Gasteiger partial charge in [-0.1, -0.05) is 11.6 Å². The molecule has 5 rings (SSSR count). The van der Waals surface area contributed by atoms with Crippen LogP contribution in [0.4, 0.5) is 16.0 Å². The quantitative estimate of drug-likeness (QED) is 0.508. The van der Waals surface area contributed by atoms with Crippen LogP contribution < -0.4 is 10.1 Å². The molecule has 0 amide bonds. The summed E-state index contributed by atoms with van der Waals surface area (Å²) in [7, 11) is 0. The summed E-state index contributed by atoms with van der Waals surface area (Å²) in [6.45, 7) is 4.81. The number of ether oxygens (including phenoxy) is 1. The molecule has 8 nitrogen and oxygen atoms in total. The number of nitrogens with one attached hydrogen (secondary N) is 1. The third-order valence-electron chi connectivity index (χ3n) is 4.93. The Hall–Kier alpha value is -3.20. The van der Waals surface area contributed by atoms with Crippen LogP contribution in [0.15, 0.2) is 24.7 Å². The van der Waals surface area contributed by atoms with E-state index in [1.807, 2.05) is 17.7 Å². The fraction of sp³-hybridized carbons (Fsp3) is 0.263. The number of hydrogen-bond donors (Lipinski definition) is 1. The van der Waals surface area contributed by atoms with Gasteiger partial charge in [0.1, 0.15) is 17.2 Å².